The third kappa shape index (κ3) is 3.38. The van der Waals surface area contributed by atoms with E-state index in [1.807, 2.05) is 11.4 Å². The number of nitrogens with zero attached hydrogens (tertiary/aromatic N) is 1. The second kappa shape index (κ2) is 6.49. The van der Waals surface area contributed by atoms with Gasteiger partial charge < -0.3 is 4.74 Å². The molecule has 3 aromatic rings. The molecular formula is C17H12FNO2S. The van der Waals surface area contributed by atoms with Gasteiger partial charge >= 0.3 is 5.97 Å². The molecule has 0 saturated carbocycles. The Morgan fingerprint density at radius 2 is 1.82 bits per heavy atom. The van der Waals surface area contributed by atoms with Gasteiger partial charge in [-0.25, -0.2) is 14.2 Å². The van der Waals surface area contributed by atoms with Gasteiger partial charge in [-0.2, -0.15) is 0 Å². The highest BCUT2D eigenvalue weighted by Crippen LogP contribution is 2.24. The lowest BCUT2D eigenvalue weighted by atomic mass is 10.2. The highest BCUT2D eigenvalue weighted by Gasteiger charge is 2.09. The molecule has 0 amide bonds. The van der Waals surface area contributed by atoms with Gasteiger partial charge in [0, 0.05) is 10.9 Å². The number of aromatic nitrogens is 1. The summed E-state index contributed by atoms with van der Waals surface area (Å²) >= 11 is 1.43. The van der Waals surface area contributed by atoms with Crippen LogP contribution in [0.1, 0.15) is 16.1 Å². The van der Waals surface area contributed by atoms with E-state index in [-0.39, 0.29) is 18.4 Å². The lowest BCUT2D eigenvalue weighted by molar-refractivity contribution is 0.0468. The smallest absolute Gasteiger partial charge is 0.338 e. The lowest BCUT2D eigenvalue weighted by Gasteiger charge is -2.02. The Labute approximate surface area is 131 Å². The van der Waals surface area contributed by atoms with E-state index in [0.29, 0.717) is 11.3 Å². The van der Waals surface area contributed by atoms with Crippen LogP contribution < -0.4 is 0 Å². The summed E-state index contributed by atoms with van der Waals surface area (Å²) in [6, 6.07) is 14.9. The fraction of sp³-hybridized carbons (Fsp3) is 0.0588. The van der Waals surface area contributed by atoms with Gasteiger partial charge in [0.2, 0.25) is 0 Å². The number of carbonyl (C=O) groups excluding carboxylic acids is 1. The molecule has 22 heavy (non-hydrogen) atoms. The molecule has 0 unspecified atom stereocenters. The van der Waals surface area contributed by atoms with Crippen molar-refractivity contribution < 1.29 is 13.9 Å². The van der Waals surface area contributed by atoms with Crippen LogP contribution in [-0.2, 0) is 11.3 Å². The number of thiazole rings is 1. The zero-order valence-electron chi connectivity index (χ0n) is 11.5. The molecule has 0 atom stereocenters. The predicted octanol–water partition coefficient (Wildman–Crippen LogP) is 4.31. The summed E-state index contributed by atoms with van der Waals surface area (Å²) in [6.45, 7) is 0.116. The molecule has 0 fully saturated rings. The highest BCUT2D eigenvalue weighted by molar-refractivity contribution is 7.13. The zero-order valence-corrected chi connectivity index (χ0v) is 12.3. The fourth-order valence-corrected chi connectivity index (χ4v) is 2.71. The number of carbonyl (C=O) groups is 1. The van der Waals surface area contributed by atoms with Crippen LogP contribution in [0.25, 0.3) is 10.6 Å². The molecule has 0 bridgehead atoms. The van der Waals surface area contributed by atoms with Crippen LogP contribution in [0.15, 0.2) is 60.0 Å². The third-order valence-electron chi connectivity index (χ3n) is 3.00. The summed E-state index contributed by atoms with van der Waals surface area (Å²) in [6.07, 6.45) is 0. The summed E-state index contributed by atoms with van der Waals surface area (Å²) in [5.41, 5.74) is 2.03. The van der Waals surface area contributed by atoms with Crippen molar-refractivity contribution in [1.82, 2.24) is 4.98 Å². The number of hydrogen-bond donors (Lipinski definition) is 0. The lowest BCUT2D eigenvalue weighted by Crippen LogP contribution is -2.05. The molecule has 3 rings (SSSR count). The number of halogens is 1. The molecule has 0 saturated heterocycles. The topological polar surface area (TPSA) is 39.2 Å². The Hall–Kier alpha value is -2.53. The maximum atomic E-state index is 12.9. The predicted molar refractivity (Wildman–Crippen MR) is 83.1 cm³/mol. The van der Waals surface area contributed by atoms with Gasteiger partial charge in [-0.3, -0.25) is 0 Å². The van der Waals surface area contributed by atoms with Gasteiger partial charge in [-0.15, -0.1) is 11.3 Å². The first-order valence-electron chi connectivity index (χ1n) is 6.65. The van der Waals surface area contributed by atoms with Crippen molar-refractivity contribution in [2.24, 2.45) is 0 Å². The van der Waals surface area contributed by atoms with Crippen LogP contribution in [-0.4, -0.2) is 11.0 Å². The number of benzene rings is 2. The minimum atomic E-state index is -0.378. The van der Waals surface area contributed by atoms with Gasteiger partial charge in [-0.05, 0) is 36.4 Å². The fourth-order valence-electron chi connectivity index (χ4n) is 1.90. The second-order valence-corrected chi connectivity index (χ2v) is 5.45. The molecule has 110 valence electrons. The molecule has 0 aliphatic carbocycles. The maximum absolute atomic E-state index is 12.9. The normalized spacial score (nSPS) is 10.4. The first-order chi connectivity index (χ1) is 10.7. The van der Waals surface area contributed by atoms with Gasteiger partial charge in [0.05, 0.1) is 11.3 Å². The molecule has 3 nitrogen and oxygen atoms in total. The summed E-state index contributed by atoms with van der Waals surface area (Å²) in [5, 5.41) is 2.60. The maximum Gasteiger partial charge on any atom is 0.338 e. The molecule has 0 aliphatic heterocycles. The van der Waals surface area contributed by atoms with Crippen LogP contribution in [0.4, 0.5) is 4.39 Å². The molecular weight excluding hydrogens is 301 g/mol. The van der Waals surface area contributed by atoms with E-state index in [1.54, 1.807) is 36.4 Å². The number of esters is 1. The van der Waals surface area contributed by atoms with Crippen molar-refractivity contribution in [3.8, 4) is 10.6 Å². The summed E-state index contributed by atoms with van der Waals surface area (Å²) in [7, 11) is 0. The summed E-state index contributed by atoms with van der Waals surface area (Å²) < 4.78 is 18.1. The first-order valence-corrected chi connectivity index (χ1v) is 7.53. The molecule has 0 spiro atoms. The Bertz CT molecular complexity index is 769. The van der Waals surface area contributed by atoms with Gasteiger partial charge in [0.25, 0.3) is 0 Å². The van der Waals surface area contributed by atoms with Gasteiger partial charge in [-0.1, -0.05) is 18.2 Å². The summed E-state index contributed by atoms with van der Waals surface area (Å²) in [5.74, 6) is -0.658. The number of ether oxygens (including phenoxy) is 1. The Morgan fingerprint density at radius 3 is 2.55 bits per heavy atom. The van der Waals surface area contributed by atoms with Crippen molar-refractivity contribution in [2.75, 3.05) is 0 Å². The van der Waals surface area contributed by atoms with E-state index in [9.17, 15) is 9.18 Å². The molecule has 0 N–H and O–H groups in total. The Balaban J connectivity index is 1.65. The number of rotatable bonds is 4. The highest BCUT2D eigenvalue weighted by atomic mass is 32.1. The Kier molecular flexibility index (Phi) is 4.25. The first kappa shape index (κ1) is 14.4. The van der Waals surface area contributed by atoms with E-state index >= 15 is 0 Å². The van der Waals surface area contributed by atoms with E-state index in [4.69, 9.17) is 4.74 Å². The van der Waals surface area contributed by atoms with Crippen LogP contribution >= 0.6 is 11.3 Å². The van der Waals surface area contributed by atoms with E-state index < -0.39 is 0 Å². The third-order valence-corrected chi connectivity index (χ3v) is 3.94. The van der Waals surface area contributed by atoms with Crippen molar-refractivity contribution in [3.05, 3.63) is 77.1 Å². The van der Waals surface area contributed by atoms with E-state index in [1.165, 1.54) is 23.5 Å². The minimum Gasteiger partial charge on any atom is -0.456 e. The van der Waals surface area contributed by atoms with E-state index in [2.05, 4.69) is 4.98 Å². The quantitative estimate of drug-likeness (QED) is 0.674. The Morgan fingerprint density at radius 1 is 1.09 bits per heavy atom. The van der Waals surface area contributed by atoms with Crippen molar-refractivity contribution >= 4 is 17.3 Å². The molecule has 2 aromatic carbocycles. The monoisotopic (exact) mass is 313 g/mol. The van der Waals surface area contributed by atoms with Crippen LogP contribution in [0.2, 0.25) is 0 Å². The molecule has 5 heteroatoms. The van der Waals surface area contributed by atoms with Gasteiger partial charge in [0.1, 0.15) is 17.4 Å². The average molecular weight is 313 g/mol. The van der Waals surface area contributed by atoms with Crippen molar-refractivity contribution in [3.63, 3.8) is 0 Å². The summed E-state index contributed by atoms with van der Waals surface area (Å²) in [4.78, 5) is 16.2. The van der Waals surface area contributed by atoms with Crippen LogP contribution in [0.3, 0.4) is 0 Å². The van der Waals surface area contributed by atoms with Crippen LogP contribution in [0.5, 0.6) is 0 Å². The SMILES string of the molecule is O=C(OCc1csc(-c2ccc(F)cc2)n1)c1ccccc1. The zero-order chi connectivity index (χ0) is 15.4. The van der Waals surface area contributed by atoms with Crippen LogP contribution in [0, 0.1) is 5.82 Å². The average Bonchev–Trinajstić information content (AvgIpc) is 3.03. The standard InChI is InChI=1S/C17H12FNO2S/c18-14-8-6-12(7-9-14)16-19-15(11-22-16)10-21-17(20)13-4-2-1-3-5-13/h1-9,11H,10H2. The number of hydrogen-bond acceptors (Lipinski definition) is 4. The largest absolute Gasteiger partial charge is 0.456 e. The molecule has 0 aliphatic rings. The van der Waals surface area contributed by atoms with Crippen molar-refractivity contribution in [2.45, 2.75) is 6.61 Å². The molecule has 1 aromatic heterocycles. The minimum absolute atomic E-state index is 0.116. The van der Waals surface area contributed by atoms with E-state index in [0.717, 1.165) is 10.6 Å². The molecule has 1 heterocycles. The van der Waals surface area contributed by atoms with Crippen molar-refractivity contribution in [1.29, 1.82) is 0 Å². The second-order valence-electron chi connectivity index (χ2n) is 4.59. The molecule has 0 radical (unpaired) electrons. The van der Waals surface area contributed by atoms with Gasteiger partial charge in [0.15, 0.2) is 0 Å².